The first kappa shape index (κ1) is 20.5. The molecule has 5 heteroatoms. The van der Waals surface area contributed by atoms with Crippen LogP contribution in [0.3, 0.4) is 0 Å². The quantitative estimate of drug-likeness (QED) is 0.539. The molecule has 0 aromatic heterocycles. The van der Waals surface area contributed by atoms with E-state index in [2.05, 4.69) is 29.2 Å². The fourth-order valence-corrected chi connectivity index (χ4v) is 3.92. The Morgan fingerprint density at radius 2 is 1.73 bits per heavy atom. The minimum absolute atomic E-state index is 0.128. The number of carboxylic acids is 1. The lowest BCUT2D eigenvalue weighted by atomic mass is 10.0. The fraction of sp³-hybridized carbons (Fsp3) is 0.240. The summed E-state index contributed by atoms with van der Waals surface area (Å²) in [5, 5.41) is 9.96. The molecule has 154 valence electrons. The Bertz CT molecular complexity index is 1000. The summed E-state index contributed by atoms with van der Waals surface area (Å²) in [6.07, 6.45) is 2.17. The molecule has 0 aliphatic carbocycles. The van der Waals surface area contributed by atoms with Crippen molar-refractivity contribution in [1.29, 1.82) is 0 Å². The molecule has 1 unspecified atom stereocenters. The molecular weight excluding hydrogens is 398 g/mol. The van der Waals surface area contributed by atoms with Crippen LogP contribution in [0.25, 0.3) is 11.1 Å². The lowest BCUT2D eigenvalue weighted by Gasteiger charge is -2.34. The van der Waals surface area contributed by atoms with Gasteiger partial charge in [0.2, 0.25) is 0 Å². The number of halogens is 1. The van der Waals surface area contributed by atoms with Crippen LogP contribution in [0.1, 0.15) is 28.8 Å². The van der Waals surface area contributed by atoms with E-state index in [1.807, 2.05) is 30.3 Å². The molecule has 3 aromatic carbocycles. The van der Waals surface area contributed by atoms with Crippen LogP contribution >= 0.6 is 11.6 Å². The summed E-state index contributed by atoms with van der Waals surface area (Å²) in [5.41, 5.74) is 4.68. The van der Waals surface area contributed by atoms with Crippen LogP contribution in [0, 0.1) is 0 Å². The Labute approximate surface area is 181 Å². The van der Waals surface area contributed by atoms with Crippen molar-refractivity contribution in [3.05, 3.63) is 88.9 Å². The van der Waals surface area contributed by atoms with Crippen LogP contribution in [0.15, 0.2) is 72.8 Å². The van der Waals surface area contributed by atoms with Crippen LogP contribution in [0.4, 0.5) is 5.69 Å². The molecule has 4 rings (SSSR count). The van der Waals surface area contributed by atoms with Crippen molar-refractivity contribution >= 4 is 23.3 Å². The number of piperidine rings is 1. The van der Waals surface area contributed by atoms with E-state index in [9.17, 15) is 9.90 Å². The number of benzene rings is 3. The number of anilines is 1. The molecule has 1 aliphatic rings. The van der Waals surface area contributed by atoms with Gasteiger partial charge >= 0.3 is 5.97 Å². The van der Waals surface area contributed by atoms with Gasteiger partial charge < -0.3 is 14.7 Å². The molecule has 0 radical (unpaired) electrons. The molecule has 0 saturated carbocycles. The summed E-state index contributed by atoms with van der Waals surface area (Å²) < 4.78 is 6.18. The summed E-state index contributed by atoms with van der Waals surface area (Å²) >= 11 is 5.96. The second-order valence-electron chi connectivity index (χ2n) is 7.58. The average molecular weight is 422 g/mol. The SMILES string of the molecule is O=C(O)c1cccc(N2CCCC(OCc3ccc(-c4ccc(Cl)cc4)cc3)C2)c1. The summed E-state index contributed by atoms with van der Waals surface area (Å²) in [4.78, 5) is 13.5. The molecule has 4 nitrogen and oxygen atoms in total. The first-order chi connectivity index (χ1) is 14.6. The van der Waals surface area contributed by atoms with Crippen molar-refractivity contribution < 1.29 is 14.6 Å². The maximum atomic E-state index is 11.2. The molecule has 1 aliphatic heterocycles. The smallest absolute Gasteiger partial charge is 0.335 e. The zero-order valence-electron chi connectivity index (χ0n) is 16.6. The normalized spacial score (nSPS) is 16.4. The average Bonchev–Trinajstić information content (AvgIpc) is 2.79. The van der Waals surface area contributed by atoms with Gasteiger partial charge in [-0.3, -0.25) is 0 Å². The number of nitrogens with zero attached hydrogens (tertiary/aromatic N) is 1. The second-order valence-corrected chi connectivity index (χ2v) is 8.02. The Kier molecular flexibility index (Phi) is 6.36. The van der Waals surface area contributed by atoms with Gasteiger partial charge in [0.1, 0.15) is 0 Å². The van der Waals surface area contributed by atoms with Crippen LogP contribution < -0.4 is 4.90 Å². The number of carbonyl (C=O) groups is 1. The standard InChI is InChI=1S/C25H24ClNO3/c26-22-12-10-20(11-13-22)19-8-6-18(7-9-19)17-30-24-5-2-14-27(16-24)23-4-1-3-21(15-23)25(28)29/h1,3-4,6-13,15,24H,2,5,14,16-17H2,(H,28,29). The number of hydrogen-bond acceptors (Lipinski definition) is 3. The van der Waals surface area contributed by atoms with Gasteiger partial charge in [-0.25, -0.2) is 4.79 Å². The third kappa shape index (κ3) is 5.02. The molecule has 1 heterocycles. The molecule has 30 heavy (non-hydrogen) atoms. The van der Waals surface area contributed by atoms with E-state index in [-0.39, 0.29) is 6.10 Å². The minimum atomic E-state index is -0.899. The number of rotatable bonds is 6. The molecule has 1 atom stereocenters. The molecule has 0 bridgehead atoms. The third-order valence-corrected chi connectivity index (χ3v) is 5.71. The van der Waals surface area contributed by atoms with Crippen molar-refractivity contribution in [3.8, 4) is 11.1 Å². The molecule has 1 N–H and O–H groups in total. The largest absolute Gasteiger partial charge is 0.478 e. The van der Waals surface area contributed by atoms with E-state index < -0.39 is 5.97 Å². The maximum Gasteiger partial charge on any atom is 0.335 e. The fourth-order valence-electron chi connectivity index (χ4n) is 3.79. The third-order valence-electron chi connectivity index (χ3n) is 5.45. The topological polar surface area (TPSA) is 49.8 Å². The van der Waals surface area contributed by atoms with Gasteiger partial charge in [-0.1, -0.05) is 54.1 Å². The molecule has 0 spiro atoms. The highest BCUT2D eigenvalue weighted by Gasteiger charge is 2.21. The zero-order chi connectivity index (χ0) is 20.9. The second kappa shape index (κ2) is 9.33. The van der Waals surface area contributed by atoms with E-state index in [0.29, 0.717) is 12.2 Å². The highest BCUT2D eigenvalue weighted by atomic mass is 35.5. The molecule has 3 aromatic rings. The van der Waals surface area contributed by atoms with E-state index in [1.165, 1.54) is 0 Å². The van der Waals surface area contributed by atoms with Crippen molar-refractivity contribution in [3.63, 3.8) is 0 Å². The van der Waals surface area contributed by atoms with Crippen molar-refractivity contribution in [2.24, 2.45) is 0 Å². The number of ether oxygens (including phenoxy) is 1. The van der Waals surface area contributed by atoms with Crippen molar-refractivity contribution in [2.45, 2.75) is 25.6 Å². The zero-order valence-corrected chi connectivity index (χ0v) is 17.4. The minimum Gasteiger partial charge on any atom is -0.478 e. The summed E-state index contributed by atoms with van der Waals surface area (Å²) in [5.74, 6) is -0.899. The van der Waals surface area contributed by atoms with E-state index in [0.717, 1.165) is 53.3 Å². The van der Waals surface area contributed by atoms with E-state index in [4.69, 9.17) is 16.3 Å². The predicted octanol–water partition coefficient (Wildman–Crippen LogP) is 5.89. The van der Waals surface area contributed by atoms with Crippen LogP contribution in [0.5, 0.6) is 0 Å². The van der Waals surface area contributed by atoms with Gasteiger partial charge in [0.05, 0.1) is 18.3 Å². The lowest BCUT2D eigenvalue weighted by Crippen LogP contribution is -2.39. The Hall–Kier alpha value is -2.82. The van der Waals surface area contributed by atoms with Gasteiger partial charge in [0, 0.05) is 23.8 Å². The molecular formula is C25H24ClNO3. The van der Waals surface area contributed by atoms with E-state index >= 15 is 0 Å². The predicted molar refractivity (Wildman–Crippen MR) is 120 cm³/mol. The summed E-state index contributed by atoms with van der Waals surface area (Å²) in [6.45, 7) is 2.25. The Morgan fingerprint density at radius 3 is 2.43 bits per heavy atom. The molecule has 1 fully saturated rings. The van der Waals surface area contributed by atoms with Gasteiger partial charge in [0.25, 0.3) is 0 Å². The molecule has 0 amide bonds. The maximum absolute atomic E-state index is 11.2. The van der Waals surface area contributed by atoms with Crippen LogP contribution in [0.2, 0.25) is 5.02 Å². The lowest BCUT2D eigenvalue weighted by molar-refractivity contribution is 0.0316. The Balaban J connectivity index is 1.35. The van der Waals surface area contributed by atoms with Crippen LogP contribution in [-0.2, 0) is 11.3 Å². The van der Waals surface area contributed by atoms with Crippen molar-refractivity contribution in [2.75, 3.05) is 18.0 Å². The highest BCUT2D eigenvalue weighted by Crippen LogP contribution is 2.25. The van der Waals surface area contributed by atoms with Gasteiger partial charge in [-0.05, 0) is 59.9 Å². The van der Waals surface area contributed by atoms with Gasteiger partial charge in [0.15, 0.2) is 0 Å². The van der Waals surface area contributed by atoms with Crippen molar-refractivity contribution in [1.82, 2.24) is 0 Å². The molecule has 1 saturated heterocycles. The summed E-state index contributed by atoms with van der Waals surface area (Å²) in [7, 11) is 0. The number of aromatic carboxylic acids is 1. The van der Waals surface area contributed by atoms with Gasteiger partial charge in [-0.15, -0.1) is 0 Å². The number of carboxylic acid groups (broad SMARTS) is 1. The first-order valence-corrected chi connectivity index (χ1v) is 10.5. The number of hydrogen-bond donors (Lipinski definition) is 1. The summed E-state index contributed by atoms with van der Waals surface area (Å²) in [6, 6.07) is 23.4. The monoisotopic (exact) mass is 421 g/mol. The highest BCUT2D eigenvalue weighted by molar-refractivity contribution is 6.30. The first-order valence-electron chi connectivity index (χ1n) is 10.1. The van der Waals surface area contributed by atoms with Gasteiger partial charge in [-0.2, -0.15) is 0 Å². The van der Waals surface area contributed by atoms with Crippen LogP contribution in [-0.4, -0.2) is 30.3 Å². The van der Waals surface area contributed by atoms with E-state index in [1.54, 1.807) is 18.2 Å². The Morgan fingerprint density at radius 1 is 1.03 bits per heavy atom.